The van der Waals surface area contributed by atoms with Crippen LogP contribution in [0.5, 0.6) is 0 Å². The van der Waals surface area contributed by atoms with Gasteiger partial charge in [0.25, 0.3) is 11.5 Å². The van der Waals surface area contributed by atoms with E-state index in [2.05, 4.69) is 25.7 Å². The summed E-state index contributed by atoms with van der Waals surface area (Å²) in [5.74, 6) is -0.292. The Kier molecular flexibility index (Phi) is 9.36. The van der Waals surface area contributed by atoms with Gasteiger partial charge in [-0.2, -0.15) is 5.10 Å². The molecule has 12 heteroatoms. The second kappa shape index (κ2) is 12.5. The fourth-order valence-corrected chi connectivity index (χ4v) is 3.98. The van der Waals surface area contributed by atoms with Crippen molar-refractivity contribution < 1.29 is 15.0 Å². The summed E-state index contributed by atoms with van der Waals surface area (Å²) < 4.78 is 1.59. The molecule has 0 unspecified atom stereocenters. The highest BCUT2D eigenvalue weighted by atomic mass is 35.5. The lowest BCUT2D eigenvalue weighted by Crippen LogP contribution is -2.30. The topological polar surface area (TPSA) is 171 Å². The standard InChI is InChI=1S/C24H26ClN7O4.CH4/c25-17-3-1-14(2-4-17)20(34)5-6-28-23(35)18-9-15(12-29-24(18)36)19-10-16(11-27-7-8-33)21-22(26)30-13-31-32(19)21;/h1-4,9-10,12-13,20,27,33-34H,5-8,11H2,(H,28,35)(H,29,36)(H2,26,30,31);1H4/t20-;/m0./s1. The summed E-state index contributed by atoms with van der Waals surface area (Å²) in [6, 6.07) is 10.1. The quantitative estimate of drug-likeness (QED) is 0.170. The van der Waals surface area contributed by atoms with Crippen molar-refractivity contribution in [3.63, 3.8) is 0 Å². The van der Waals surface area contributed by atoms with Crippen molar-refractivity contribution in [1.29, 1.82) is 0 Å². The number of aliphatic hydroxyl groups is 2. The molecule has 4 rings (SSSR count). The monoisotopic (exact) mass is 527 g/mol. The van der Waals surface area contributed by atoms with Crippen LogP contribution in [-0.4, -0.2) is 55.4 Å². The summed E-state index contributed by atoms with van der Waals surface area (Å²) in [4.78, 5) is 31.9. The van der Waals surface area contributed by atoms with Crippen LogP contribution in [0, 0.1) is 0 Å². The molecule has 3 heterocycles. The molecule has 0 radical (unpaired) electrons. The van der Waals surface area contributed by atoms with Gasteiger partial charge in [-0.25, -0.2) is 9.50 Å². The zero-order valence-corrected chi connectivity index (χ0v) is 20.0. The molecule has 37 heavy (non-hydrogen) atoms. The van der Waals surface area contributed by atoms with E-state index in [1.54, 1.807) is 28.8 Å². The Bertz CT molecular complexity index is 1420. The third kappa shape index (κ3) is 6.33. The maximum Gasteiger partial charge on any atom is 0.260 e. The maximum absolute atomic E-state index is 12.8. The van der Waals surface area contributed by atoms with Gasteiger partial charge in [0.1, 0.15) is 17.4 Å². The van der Waals surface area contributed by atoms with Crippen molar-refractivity contribution in [3.05, 3.63) is 81.0 Å². The number of aromatic nitrogens is 4. The lowest BCUT2D eigenvalue weighted by Gasteiger charge is -2.12. The fourth-order valence-electron chi connectivity index (χ4n) is 3.86. The number of pyridine rings is 1. The average molecular weight is 528 g/mol. The second-order valence-electron chi connectivity index (χ2n) is 8.10. The van der Waals surface area contributed by atoms with E-state index >= 15 is 0 Å². The Morgan fingerprint density at radius 1 is 1.22 bits per heavy atom. The van der Waals surface area contributed by atoms with Gasteiger partial charge < -0.3 is 31.6 Å². The van der Waals surface area contributed by atoms with Gasteiger partial charge in [0.15, 0.2) is 5.82 Å². The van der Waals surface area contributed by atoms with Crippen LogP contribution < -0.4 is 21.9 Å². The number of aliphatic hydroxyl groups excluding tert-OH is 2. The Labute approximate surface area is 218 Å². The highest BCUT2D eigenvalue weighted by Crippen LogP contribution is 2.27. The molecule has 0 aliphatic carbocycles. The first-order valence-electron chi connectivity index (χ1n) is 11.3. The SMILES string of the molecule is C.Nc1ncnn2c(-c3c[nH]c(=O)c(C(=O)NCC[C@H](O)c4ccc(Cl)cc4)c3)cc(CNCCO)c12. The van der Waals surface area contributed by atoms with Crippen molar-refractivity contribution in [2.45, 2.75) is 26.5 Å². The van der Waals surface area contributed by atoms with Gasteiger partial charge in [-0.3, -0.25) is 9.59 Å². The first-order chi connectivity index (χ1) is 17.4. The minimum Gasteiger partial charge on any atom is -0.395 e. The van der Waals surface area contributed by atoms with Gasteiger partial charge in [-0.1, -0.05) is 31.2 Å². The van der Waals surface area contributed by atoms with E-state index in [1.165, 1.54) is 18.6 Å². The molecule has 0 fully saturated rings. The highest BCUT2D eigenvalue weighted by Gasteiger charge is 2.18. The number of fused-ring (bicyclic) bond motifs is 1. The van der Waals surface area contributed by atoms with E-state index in [9.17, 15) is 14.7 Å². The van der Waals surface area contributed by atoms with Gasteiger partial charge in [-0.15, -0.1) is 0 Å². The molecule has 0 saturated carbocycles. The van der Waals surface area contributed by atoms with Gasteiger partial charge in [-0.05, 0) is 41.8 Å². The lowest BCUT2D eigenvalue weighted by atomic mass is 10.1. The van der Waals surface area contributed by atoms with Crippen molar-refractivity contribution in [1.82, 2.24) is 30.2 Å². The maximum atomic E-state index is 12.8. The normalized spacial score (nSPS) is 11.8. The number of rotatable bonds is 10. The number of carbonyl (C=O) groups is 1. The molecule has 0 aliphatic heterocycles. The number of hydrogen-bond acceptors (Lipinski definition) is 8. The van der Waals surface area contributed by atoms with E-state index in [0.29, 0.717) is 40.4 Å². The first kappa shape index (κ1) is 27.8. The highest BCUT2D eigenvalue weighted by molar-refractivity contribution is 6.30. The molecule has 0 bridgehead atoms. The van der Waals surface area contributed by atoms with Crippen LogP contribution in [0.4, 0.5) is 5.82 Å². The van der Waals surface area contributed by atoms with E-state index in [4.69, 9.17) is 22.4 Å². The van der Waals surface area contributed by atoms with Crippen molar-refractivity contribution in [2.75, 3.05) is 25.4 Å². The van der Waals surface area contributed by atoms with Crippen molar-refractivity contribution >= 4 is 28.8 Å². The van der Waals surface area contributed by atoms with Crippen LogP contribution >= 0.6 is 11.6 Å². The Morgan fingerprint density at radius 2 is 1.97 bits per heavy atom. The number of aromatic amines is 1. The second-order valence-corrected chi connectivity index (χ2v) is 8.54. The molecule has 7 N–H and O–H groups in total. The third-order valence-electron chi connectivity index (χ3n) is 5.67. The van der Waals surface area contributed by atoms with Crippen molar-refractivity contribution in [3.8, 4) is 11.3 Å². The van der Waals surface area contributed by atoms with E-state index in [0.717, 1.165) is 5.56 Å². The average Bonchev–Trinajstić information content (AvgIpc) is 3.24. The predicted octanol–water partition coefficient (Wildman–Crippen LogP) is 1.89. The molecule has 1 atom stereocenters. The number of anilines is 1. The number of benzene rings is 1. The number of halogens is 1. The summed E-state index contributed by atoms with van der Waals surface area (Å²) in [6.07, 6.45) is 2.29. The number of carbonyl (C=O) groups excluding carboxylic acids is 1. The fraction of sp³-hybridized carbons (Fsp3) is 0.280. The summed E-state index contributed by atoms with van der Waals surface area (Å²) in [6.45, 7) is 0.953. The molecular formula is C25H30ClN7O4. The van der Waals surface area contributed by atoms with Gasteiger partial charge >= 0.3 is 0 Å². The van der Waals surface area contributed by atoms with Gasteiger partial charge in [0.2, 0.25) is 0 Å². The van der Waals surface area contributed by atoms with E-state index < -0.39 is 17.6 Å². The van der Waals surface area contributed by atoms with Crippen LogP contribution in [0.1, 0.15) is 41.4 Å². The van der Waals surface area contributed by atoms with Crippen LogP contribution in [0.2, 0.25) is 5.02 Å². The van der Waals surface area contributed by atoms with Crippen LogP contribution in [0.3, 0.4) is 0 Å². The molecule has 0 aliphatic rings. The van der Waals surface area contributed by atoms with Gasteiger partial charge in [0, 0.05) is 36.4 Å². The van der Waals surface area contributed by atoms with E-state index in [-0.39, 0.29) is 38.4 Å². The molecule has 1 amide bonds. The number of H-pyrrole nitrogens is 1. The predicted molar refractivity (Wildman–Crippen MR) is 142 cm³/mol. The van der Waals surface area contributed by atoms with Crippen LogP contribution in [-0.2, 0) is 6.54 Å². The third-order valence-corrected chi connectivity index (χ3v) is 5.92. The molecule has 196 valence electrons. The molecule has 11 nitrogen and oxygen atoms in total. The number of nitrogens with two attached hydrogens (primary N) is 1. The zero-order chi connectivity index (χ0) is 25.7. The molecule has 4 aromatic rings. The molecule has 1 aromatic carbocycles. The molecular weight excluding hydrogens is 498 g/mol. The molecule has 3 aromatic heterocycles. The molecule has 0 spiro atoms. The number of nitrogen functional groups attached to an aromatic ring is 1. The number of nitrogens with one attached hydrogen (secondary N) is 3. The lowest BCUT2D eigenvalue weighted by molar-refractivity contribution is 0.0941. The number of hydrogen-bond donors (Lipinski definition) is 6. The Balaban J connectivity index is 0.00000380. The van der Waals surface area contributed by atoms with Crippen LogP contribution in [0.25, 0.3) is 16.8 Å². The zero-order valence-electron chi connectivity index (χ0n) is 19.2. The minimum atomic E-state index is -0.790. The summed E-state index contributed by atoms with van der Waals surface area (Å²) >= 11 is 5.87. The summed E-state index contributed by atoms with van der Waals surface area (Å²) in [5, 5.41) is 30.0. The largest absolute Gasteiger partial charge is 0.395 e. The van der Waals surface area contributed by atoms with Crippen LogP contribution in [0.15, 0.2) is 53.7 Å². The Morgan fingerprint density at radius 3 is 2.70 bits per heavy atom. The Hall–Kier alpha value is -3.77. The molecule has 0 saturated heterocycles. The summed E-state index contributed by atoms with van der Waals surface area (Å²) in [5.41, 5.74) is 8.67. The van der Waals surface area contributed by atoms with Gasteiger partial charge in [0.05, 0.1) is 18.4 Å². The van der Waals surface area contributed by atoms with Crippen molar-refractivity contribution in [2.24, 2.45) is 0 Å². The van der Waals surface area contributed by atoms with E-state index in [1.807, 2.05) is 6.07 Å². The minimum absolute atomic E-state index is 0. The summed E-state index contributed by atoms with van der Waals surface area (Å²) in [7, 11) is 0. The number of amides is 1. The number of nitrogens with zero attached hydrogens (tertiary/aromatic N) is 3. The smallest absolute Gasteiger partial charge is 0.260 e. The first-order valence-corrected chi connectivity index (χ1v) is 11.6.